The second-order valence-electron chi connectivity index (χ2n) is 4.38. The molecule has 0 spiro atoms. The monoisotopic (exact) mass is 330 g/mol. The van der Waals surface area contributed by atoms with Crippen LogP contribution in [0.4, 0.5) is 9.59 Å². The average Bonchev–Trinajstić information content (AvgIpc) is 3.13. The second-order valence-corrected chi connectivity index (χ2v) is 4.38. The molecular formula is C14H18O9. The van der Waals surface area contributed by atoms with Crippen LogP contribution in [0.1, 0.15) is 0 Å². The predicted octanol–water partition coefficient (Wildman–Crippen LogP) is 1.14. The van der Waals surface area contributed by atoms with E-state index >= 15 is 0 Å². The van der Waals surface area contributed by atoms with Gasteiger partial charge in [-0.1, -0.05) is 0 Å². The van der Waals surface area contributed by atoms with Crippen molar-refractivity contribution in [3.8, 4) is 0 Å². The van der Waals surface area contributed by atoms with Crippen LogP contribution in [0.2, 0.25) is 0 Å². The SMILES string of the molecule is O=C1OCC(=CCOCCOCCOCC=C2COC(=O)O2)O1. The molecule has 0 unspecified atom stereocenters. The molecule has 0 aromatic rings. The molecule has 0 aliphatic carbocycles. The van der Waals surface area contributed by atoms with Crippen molar-refractivity contribution >= 4 is 12.3 Å². The van der Waals surface area contributed by atoms with E-state index in [4.69, 9.17) is 23.7 Å². The minimum absolute atomic E-state index is 0.150. The van der Waals surface area contributed by atoms with Crippen molar-refractivity contribution in [2.24, 2.45) is 0 Å². The molecule has 2 aliphatic heterocycles. The minimum Gasteiger partial charge on any atom is -0.426 e. The molecular weight excluding hydrogens is 312 g/mol. The Hall–Kier alpha value is -2.10. The van der Waals surface area contributed by atoms with Crippen LogP contribution in [-0.2, 0) is 33.2 Å². The molecule has 2 fully saturated rings. The van der Waals surface area contributed by atoms with Crippen LogP contribution in [0.15, 0.2) is 23.7 Å². The highest BCUT2D eigenvalue weighted by atomic mass is 16.8. The van der Waals surface area contributed by atoms with Gasteiger partial charge in [0, 0.05) is 0 Å². The Kier molecular flexibility index (Phi) is 7.37. The fourth-order valence-electron chi connectivity index (χ4n) is 1.60. The second kappa shape index (κ2) is 9.82. The summed E-state index contributed by atoms with van der Waals surface area (Å²) in [7, 11) is 0. The van der Waals surface area contributed by atoms with E-state index in [1.165, 1.54) is 0 Å². The molecule has 9 heteroatoms. The van der Waals surface area contributed by atoms with Gasteiger partial charge in [0.15, 0.2) is 13.2 Å². The maximum atomic E-state index is 10.6. The molecule has 0 N–H and O–H groups in total. The first-order chi connectivity index (χ1) is 11.2. The lowest BCUT2D eigenvalue weighted by Crippen LogP contribution is -2.09. The Morgan fingerprint density at radius 2 is 1.17 bits per heavy atom. The van der Waals surface area contributed by atoms with Crippen molar-refractivity contribution in [2.45, 2.75) is 0 Å². The van der Waals surface area contributed by atoms with Crippen LogP contribution < -0.4 is 0 Å². The van der Waals surface area contributed by atoms with Crippen LogP contribution >= 0.6 is 0 Å². The third-order valence-electron chi connectivity index (χ3n) is 2.70. The summed E-state index contributed by atoms with van der Waals surface area (Å²) < 4.78 is 34.5. The van der Waals surface area contributed by atoms with Gasteiger partial charge in [-0.05, 0) is 12.2 Å². The molecule has 0 saturated carbocycles. The summed E-state index contributed by atoms with van der Waals surface area (Å²) in [5, 5.41) is 0. The lowest BCUT2D eigenvalue weighted by Gasteiger charge is -2.04. The zero-order valence-corrected chi connectivity index (χ0v) is 12.5. The van der Waals surface area contributed by atoms with Crippen LogP contribution in [-0.4, -0.2) is 65.2 Å². The van der Waals surface area contributed by atoms with E-state index in [9.17, 15) is 9.59 Å². The first-order valence-electron chi connectivity index (χ1n) is 7.04. The Bertz CT molecular complexity index is 427. The highest BCUT2D eigenvalue weighted by molar-refractivity contribution is 5.64. The standard InChI is InChI=1S/C14H18O9/c15-13-20-9-11(22-13)1-3-17-5-7-19-8-6-18-4-2-12-10-21-14(16)23-12/h1-2H,3-10H2. The van der Waals surface area contributed by atoms with E-state index in [1.54, 1.807) is 12.2 Å². The van der Waals surface area contributed by atoms with Gasteiger partial charge in [0.25, 0.3) is 0 Å². The Balaban J connectivity index is 1.36. The van der Waals surface area contributed by atoms with Gasteiger partial charge in [-0.25, -0.2) is 9.59 Å². The van der Waals surface area contributed by atoms with Crippen LogP contribution in [0, 0.1) is 0 Å². The highest BCUT2D eigenvalue weighted by Gasteiger charge is 2.18. The van der Waals surface area contributed by atoms with E-state index in [1.807, 2.05) is 0 Å². The smallest absolute Gasteiger partial charge is 0.426 e. The molecule has 2 rings (SSSR count). The Morgan fingerprint density at radius 3 is 1.57 bits per heavy atom. The summed E-state index contributed by atoms with van der Waals surface area (Å²) in [6.07, 6.45) is 1.91. The fourth-order valence-corrected chi connectivity index (χ4v) is 1.60. The van der Waals surface area contributed by atoms with Crippen LogP contribution in [0.3, 0.4) is 0 Å². The lowest BCUT2D eigenvalue weighted by molar-refractivity contribution is 0.0247. The summed E-state index contributed by atoms with van der Waals surface area (Å²) in [5.41, 5.74) is 0. The number of rotatable bonds is 10. The van der Waals surface area contributed by atoms with E-state index in [2.05, 4.69) is 9.47 Å². The van der Waals surface area contributed by atoms with Gasteiger partial charge in [-0.2, -0.15) is 0 Å². The molecule has 0 aromatic heterocycles. The van der Waals surface area contributed by atoms with Gasteiger partial charge in [0.05, 0.1) is 39.6 Å². The van der Waals surface area contributed by atoms with Crippen molar-refractivity contribution in [1.29, 1.82) is 0 Å². The van der Waals surface area contributed by atoms with Crippen molar-refractivity contribution in [1.82, 2.24) is 0 Å². The first-order valence-corrected chi connectivity index (χ1v) is 7.04. The molecule has 2 saturated heterocycles. The zero-order valence-electron chi connectivity index (χ0n) is 12.5. The molecule has 0 bridgehead atoms. The number of cyclic esters (lactones) is 4. The summed E-state index contributed by atoms with van der Waals surface area (Å²) in [5.74, 6) is 0.911. The zero-order chi connectivity index (χ0) is 16.3. The van der Waals surface area contributed by atoms with Gasteiger partial charge < -0.3 is 33.2 Å². The fraction of sp³-hybridized carbons (Fsp3) is 0.571. The number of hydrogen-bond donors (Lipinski definition) is 0. The van der Waals surface area contributed by atoms with Gasteiger partial charge in [-0.15, -0.1) is 0 Å². The minimum atomic E-state index is -0.686. The van der Waals surface area contributed by atoms with Crippen molar-refractivity contribution in [2.75, 3.05) is 52.9 Å². The summed E-state index contributed by atoms with van der Waals surface area (Å²) in [6.45, 7) is 2.62. The maximum absolute atomic E-state index is 10.6. The highest BCUT2D eigenvalue weighted by Crippen LogP contribution is 2.09. The summed E-state index contributed by atoms with van der Waals surface area (Å²) in [4.78, 5) is 21.3. The Labute approximate surface area is 132 Å². The van der Waals surface area contributed by atoms with Gasteiger partial charge in [-0.3, -0.25) is 0 Å². The Morgan fingerprint density at radius 1 is 0.739 bits per heavy atom. The molecule has 9 nitrogen and oxygen atoms in total. The molecule has 0 atom stereocenters. The van der Waals surface area contributed by atoms with E-state index in [-0.39, 0.29) is 13.2 Å². The van der Waals surface area contributed by atoms with E-state index in [0.29, 0.717) is 51.2 Å². The summed E-state index contributed by atoms with van der Waals surface area (Å²) >= 11 is 0. The van der Waals surface area contributed by atoms with Gasteiger partial charge >= 0.3 is 12.3 Å². The average molecular weight is 330 g/mol. The maximum Gasteiger partial charge on any atom is 0.514 e. The predicted molar refractivity (Wildman–Crippen MR) is 73.5 cm³/mol. The molecule has 2 aliphatic rings. The van der Waals surface area contributed by atoms with Crippen molar-refractivity contribution in [3.05, 3.63) is 23.7 Å². The van der Waals surface area contributed by atoms with Crippen LogP contribution in [0.25, 0.3) is 0 Å². The van der Waals surface area contributed by atoms with Gasteiger partial charge in [0.2, 0.25) is 0 Å². The van der Waals surface area contributed by atoms with E-state index in [0.717, 1.165) is 0 Å². The first kappa shape index (κ1) is 17.3. The van der Waals surface area contributed by atoms with Gasteiger partial charge in [0.1, 0.15) is 11.5 Å². The number of hydrogen-bond acceptors (Lipinski definition) is 9. The van der Waals surface area contributed by atoms with Crippen LogP contribution in [0.5, 0.6) is 0 Å². The molecule has 23 heavy (non-hydrogen) atoms. The van der Waals surface area contributed by atoms with E-state index < -0.39 is 12.3 Å². The number of ether oxygens (including phenoxy) is 7. The molecule has 0 amide bonds. The van der Waals surface area contributed by atoms with Crippen molar-refractivity contribution < 1.29 is 42.7 Å². The summed E-state index contributed by atoms with van der Waals surface area (Å²) in [6, 6.07) is 0. The largest absolute Gasteiger partial charge is 0.514 e. The lowest BCUT2D eigenvalue weighted by atomic mass is 10.5. The number of carbonyl (C=O) groups excluding carboxylic acids is 2. The topological polar surface area (TPSA) is 98.8 Å². The molecule has 2 heterocycles. The third-order valence-corrected chi connectivity index (χ3v) is 2.70. The number of carbonyl (C=O) groups is 2. The molecule has 0 radical (unpaired) electrons. The normalized spacial score (nSPS) is 20.5. The third kappa shape index (κ3) is 7.13. The van der Waals surface area contributed by atoms with Crippen molar-refractivity contribution in [3.63, 3.8) is 0 Å². The quantitative estimate of drug-likeness (QED) is 0.431. The molecule has 128 valence electrons. The molecule has 0 aromatic carbocycles.